The molecule has 3 rings (SSSR count). The van der Waals surface area contributed by atoms with E-state index in [1.165, 1.54) is 6.33 Å². The molecule has 0 aliphatic carbocycles. The van der Waals surface area contributed by atoms with E-state index in [1.807, 2.05) is 25.8 Å². The van der Waals surface area contributed by atoms with Crippen molar-refractivity contribution in [3.63, 3.8) is 0 Å². The Balaban J connectivity index is 1.68. The molecule has 0 saturated carbocycles. The summed E-state index contributed by atoms with van der Waals surface area (Å²) in [4.78, 5) is 22.4. The van der Waals surface area contributed by atoms with Gasteiger partial charge in [0.1, 0.15) is 12.4 Å². The fourth-order valence-electron chi connectivity index (χ4n) is 2.77. The number of carbonyl (C=O) groups is 1. The molecular formula is C15H19N5O2. The third-order valence-corrected chi connectivity index (χ3v) is 4.00. The number of aryl methyl sites for hydroxylation is 2. The van der Waals surface area contributed by atoms with Gasteiger partial charge in [0.05, 0.1) is 17.8 Å². The third kappa shape index (κ3) is 2.66. The zero-order valence-corrected chi connectivity index (χ0v) is 13.0. The fraction of sp³-hybridized carbons (Fsp3) is 0.467. The molecule has 0 spiro atoms. The molecule has 0 radical (unpaired) electrons. The van der Waals surface area contributed by atoms with Crippen molar-refractivity contribution >= 4 is 5.91 Å². The van der Waals surface area contributed by atoms with E-state index in [2.05, 4.69) is 15.1 Å². The van der Waals surface area contributed by atoms with Gasteiger partial charge < -0.3 is 9.64 Å². The molecule has 1 fully saturated rings. The zero-order chi connectivity index (χ0) is 15.7. The van der Waals surface area contributed by atoms with Gasteiger partial charge in [0.25, 0.3) is 5.91 Å². The van der Waals surface area contributed by atoms with Gasteiger partial charge in [0, 0.05) is 38.0 Å². The van der Waals surface area contributed by atoms with E-state index in [9.17, 15) is 4.79 Å². The molecule has 0 unspecified atom stereocenters. The number of rotatable bonds is 3. The summed E-state index contributed by atoms with van der Waals surface area (Å²) in [6, 6.07) is 1.72. The summed E-state index contributed by atoms with van der Waals surface area (Å²) in [5, 5.41) is 4.31. The quantitative estimate of drug-likeness (QED) is 0.849. The van der Waals surface area contributed by atoms with E-state index < -0.39 is 0 Å². The Morgan fingerprint density at radius 1 is 1.41 bits per heavy atom. The molecule has 1 atom stereocenters. The first kappa shape index (κ1) is 14.5. The molecule has 0 bridgehead atoms. The van der Waals surface area contributed by atoms with Crippen LogP contribution >= 0.6 is 0 Å². The average molecular weight is 301 g/mol. The summed E-state index contributed by atoms with van der Waals surface area (Å²) in [5.41, 5.74) is 2.36. The normalized spacial score (nSPS) is 17.8. The van der Waals surface area contributed by atoms with Gasteiger partial charge in [0.2, 0.25) is 5.88 Å². The second-order valence-electron chi connectivity index (χ2n) is 5.50. The van der Waals surface area contributed by atoms with Gasteiger partial charge >= 0.3 is 0 Å². The van der Waals surface area contributed by atoms with Gasteiger partial charge in [-0.3, -0.25) is 9.48 Å². The van der Waals surface area contributed by atoms with Gasteiger partial charge in [-0.2, -0.15) is 5.10 Å². The highest BCUT2D eigenvalue weighted by molar-refractivity contribution is 5.96. The SMILES string of the molecule is Cc1nn(C)c(C)c1C(=O)N1CC[C@@H](Oc2ccncn2)C1. The van der Waals surface area contributed by atoms with Crippen molar-refractivity contribution in [2.75, 3.05) is 13.1 Å². The lowest BCUT2D eigenvalue weighted by molar-refractivity contribution is 0.0769. The fourth-order valence-corrected chi connectivity index (χ4v) is 2.77. The van der Waals surface area contributed by atoms with Crippen molar-refractivity contribution in [2.24, 2.45) is 7.05 Å². The lowest BCUT2D eigenvalue weighted by Gasteiger charge is -2.17. The first-order valence-corrected chi connectivity index (χ1v) is 7.28. The van der Waals surface area contributed by atoms with Crippen LogP contribution in [0.3, 0.4) is 0 Å². The van der Waals surface area contributed by atoms with E-state index in [1.54, 1.807) is 16.9 Å². The Hall–Kier alpha value is -2.44. The summed E-state index contributed by atoms with van der Waals surface area (Å²) < 4.78 is 7.53. The van der Waals surface area contributed by atoms with E-state index >= 15 is 0 Å². The summed E-state index contributed by atoms with van der Waals surface area (Å²) >= 11 is 0. The second-order valence-corrected chi connectivity index (χ2v) is 5.50. The maximum atomic E-state index is 12.7. The van der Waals surface area contributed by atoms with Crippen LogP contribution in [-0.2, 0) is 7.05 Å². The Kier molecular flexibility index (Phi) is 3.79. The maximum Gasteiger partial charge on any atom is 0.257 e. The first-order chi connectivity index (χ1) is 10.6. The van der Waals surface area contributed by atoms with E-state index in [4.69, 9.17) is 4.74 Å². The number of aromatic nitrogens is 4. The van der Waals surface area contributed by atoms with Crippen molar-refractivity contribution in [3.05, 3.63) is 35.5 Å². The standard InChI is InChI=1S/C15H19N5O2/c1-10-14(11(2)19(3)18-10)15(21)20-7-5-12(8-20)22-13-4-6-16-9-17-13/h4,6,9,12H,5,7-8H2,1-3H3/t12-/m1/s1. The lowest BCUT2D eigenvalue weighted by Crippen LogP contribution is -2.31. The largest absolute Gasteiger partial charge is 0.472 e. The molecule has 1 aliphatic heterocycles. The second kappa shape index (κ2) is 5.75. The van der Waals surface area contributed by atoms with Crippen LogP contribution in [0.25, 0.3) is 0 Å². The van der Waals surface area contributed by atoms with Crippen LogP contribution in [0.15, 0.2) is 18.6 Å². The van der Waals surface area contributed by atoms with Crippen molar-refractivity contribution < 1.29 is 9.53 Å². The molecule has 22 heavy (non-hydrogen) atoms. The van der Waals surface area contributed by atoms with Crippen molar-refractivity contribution in [1.29, 1.82) is 0 Å². The number of carbonyl (C=O) groups excluding carboxylic acids is 1. The number of amides is 1. The Bertz CT molecular complexity index is 683. The molecule has 7 nitrogen and oxygen atoms in total. The molecule has 0 N–H and O–H groups in total. The van der Waals surface area contributed by atoms with Crippen LogP contribution in [0, 0.1) is 13.8 Å². The minimum atomic E-state index is -0.0314. The minimum Gasteiger partial charge on any atom is -0.472 e. The van der Waals surface area contributed by atoms with Crippen LogP contribution < -0.4 is 4.74 Å². The summed E-state index contributed by atoms with van der Waals surface area (Å²) in [7, 11) is 1.85. The average Bonchev–Trinajstić information content (AvgIpc) is 3.05. The molecule has 0 aromatic carbocycles. The minimum absolute atomic E-state index is 0.0249. The molecule has 2 aromatic rings. The highest BCUT2D eigenvalue weighted by atomic mass is 16.5. The topological polar surface area (TPSA) is 73.1 Å². The van der Waals surface area contributed by atoms with Crippen LogP contribution in [-0.4, -0.2) is 49.7 Å². The van der Waals surface area contributed by atoms with Crippen molar-refractivity contribution in [3.8, 4) is 5.88 Å². The number of hydrogen-bond donors (Lipinski definition) is 0. The number of nitrogens with zero attached hydrogens (tertiary/aromatic N) is 5. The molecule has 1 aliphatic rings. The van der Waals surface area contributed by atoms with Gasteiger partial charge in [-0.25, -0.2) is 9.97 Å². The molecule has 1 amide bonds. The summed E-state index contributed by atoms with van der Waals surface area (Å²) in [6.45, 7) is 5.03. The van der Waals surface area contributed by atoms with E-state index in [0.717, 1.165) is 17.8 Å². The Morgan fingerprint density at radius 3 is 2.86 bits per heavy atom. The first-order valence-electron chi connectivity index (χ1n) is 7.28. The monoisotopic (exact) mass is 301 g/mol. The van der Waals surface area contributed by atoms with Gasteiger partial charge in [-0.1, -0.05) is 0 Å². The maximum absolute atomic E-state index is 12.7. The van der Waals surface area contributed by atoms with Gasteiger partial charge in [-0.05, 0) is 13.8 Å². The van der Waals surface area contributed by atoms with Crippen LogP contribution in [0.4, 0.5) is 0 Å². The molecular weight excluding hydrogens is 282 g/mol. The van der Waals surface area contributed by atoms with Crippen LogP contribution in [0.5, 0.6) is 5.88 Å². The molecule has 3 heterocycles. The van der Waals surface area contributed by atoms with Gasteiger partial charge in [-0.15, -0.1) is 0 Å². The molecule has 116 valence electrons. The lowest BCUT2D eigenvalue weighted by atomic mass is 10.2. The highest BCUT2D eigenvalue weighted by Crippen LogP contribution is 2.21. The van der Waals surface area contributed by atoms with Crippen molar-refractivity contribution in [1.82, 2.24) is 24.6 Å². The zero-order valence-electron chi connectivity index (χ0n) is 13.0. The van der Waals surface area contributed by atoms with E-state index in [0.29, 0.717) is 24.5 Å². The van der Waals surface area contributed by atoms with E-state index in [-0.39, 0.29) is 12.0 Å². The molecule has 1 saturated heterocycles. The Morgan fingerprint density at radius 2 is 2.23 bits per heavy atom. The number of ether oxygens (including phenoxy) is 1. The van der Waals surface area contributed by atoms with Crippen LogP contribution in [0.2, 0.25) is 0 Å². The third-order valence-electron chi connectivity index (χ3n) is 4.00. The van der Waals surface area contributed by atoms with Crippen molar-refractivity contribution in [2.45, 2.75) is 26.4 Å². The number of likely N-dealkylation sites (tertiary alicyclic amines) is 1. The predicted octanol–water partition coefficient (Wildman–Crippen LogP) is 1.12. The van der Waals surface area contributed by atoms with Crippen LogP contribution in [0.1, 0.15) is 28.2 Å². The summed E-state index contributed by atoms with van der Waals surface area (Å²) in [6.07, 6.45) is 3.86. The summed E-state index contributed by atoms with van der Waals surface area (Å²) in [5.74, 6) is 0.569. The Labute approximate surface area is 128 Å². The van der Waals surface area contributed by atoms with Gasteiger partial charge in [0.15, 0.2) is 0 Å². The smallest absolute Gasteiger partial charge is 0.257 e. The molecule has 7 heteroatoms. The highest BCUT2D eigenvalue weighted by Gasteiger charge is 2.31. The predicted molar refractivity (Wildman–Crippen MR) is 79.7 cm³/mol. The molecule has 2 aromatic heterocycles. The number of hydrogen-bond acceptors (Lipinski definition) is 5.